The van der Waals surface area contributed by atoms with Crippen molar-refractivity contribution in [1.29, 1.82) is 0 Å². The van der Waals surface area contributed by atoms with E-state index < -0.39 is 0 Å². The molecule has 3 amide bonds. The quantitative estimate of drug-likeness (QED) is 0.818. The first-order chi connectivity index (χ1) is 12.7. The van der Waals surface area contributed by atoms with Crippen LogP contribution in [0.1, 0.15) is 23.3 Å². The van der Waals surface area contributed by atoms with Crippen LogP contribution < -0.4 is 15.4 Å². The van der Waals surface area contributed by atoms with Gasteiger partial charge in [-0.1, -0.05) is 18.2 Å². The number of urea groups is 1. The second kappa shape index (κ2) is 8.71. The van der Waals surface area contributed by atoms with E-state index in [-0.39, 0.29) is 18.0 Å². The fourth-order valence-electron chi connectivity index (χ4n) is 2.99. The summed E-state index contributed by atoms with van der Waals surface area (Å²) in [6.07, 6.45) is 1.57. The van der Waals surface area contributed by atoms with Crippen molar-refractivity contribution in [3.05, 3.63) is 52.2 Å². The van der Waals surface area contributed by atoms with E-state index in [9.17, 15) is 9.59 Å². The number of hydrogen-bond acceptors (Lipinski definition) is 4. The maximum atomic E-state index is 12.4. The number of hydrogen-bond donors (Lipinski definition) is 2. The molecule has 1 aliphatic rings. The van der Waals surface area contributed by atoms with Crippen LogP contribution in [0, 0.1) is 0 Å². The summed E-state index contributed by atoms with van der Waals surface area (Å²) in [6, 6.07) is 11.2. The van der Waals surface area contributed by atoms with Crippen molar-refractivity contribution in [2.75, 3.05) is 13.6 Å². The van der Waals surface area contributed by atoms with Crippen molar-refractivity contribution in [2.45, 2.75) is 32.0 Å². The number of nitrogens with one attached hydrogen (secondary N) is 2. The van der Waals surface area contributed by atoms with Crippen LogP contribution in [0.25, 0.3) is 0 Å². The molecule has 26 heavy (non-hydrogen) atoms. The van der Waals surface area contributed by atoms with Crippen molar-refractivity contribution in [3.63, 3.8) is 0 Å². The molecule has 1 aromatic heterocycles. The third-order valence-electron chi connectivity index (χ3n) is 4.33. The Morgan fingerprint density at radius 2 is 2.12 bits per heavy atom. The van der Waals surface area contributed by atoms with Crippen LogP contribution in [0.5, 0.6) is 5.75 Å². The fourth-order valence-corrected chi connectivity index (χ4v) is 3.80. The first kappa shape index (κ1) is 18.3. The molecule has 0 aliphatic carbocycles. The van der Waals surface area contributed by atoms with Gasteiger partial charge < -0.3 is 20.3 Å². The van der Waals surface area contributed by atoms with Crippen LogP contribution in [-0.2, 0) is 17.9 Å². The molecule has 0 spiro atoms. The van der Waals surface area contributed by atoms with Gasteiger partial charge >= 0.3 is 6.03 Å². The van der Waals surface area contributed by atoms with Gasteiger partial charge in [-0.05, 0) is 36.4 Å². The molecular formula is C19H23N3O3S. The fraction of sp³-hybridized carbons (Fsp3) is 0.368. The van der Waals surface area contributed by atoms with Crippen LogP contribution in [0.3, 0.4) is 0 Å². The number of rotatable bonds is 6. The minimum absolute atomic E-state index is 0.103. The Morgan fingerprint density at radius 3 is 2.88 bits per heavy atom. The van der Waals surface area contributed by atoms with Crippen LogP contribution in [0.15, 0.2) is 41.8 Å². The largest absolute Gasteiger partial charge is 0.489 e. The SMILES string of the molecule is CNC(=O)[C@H]1CCCN1C(=O)NCc1cc(COc2ccccc2)cs1. The lowest BCUT2D eigenvalue weighted by molar-refractivity contribution is -0.124. The van der Waals surface area contributed by atoms with Gasteiger partial charge in [-0.2, -0.15) is 0 Å². The number of benzene rings is 1. The summed E-state index contributed by atoms with van der Waals surface area (Å²) in [5.74, 6) is 0.733. The maximum Gasteiger partial charge on any atom is 0.318 e. The highest BCUT2D eigenvalue weighted by molar-refractivity contribution is 7.10. The number of para-hydroxylation sites is 1. The highest BCUT2D eigenvalue weighted by Crippen LogP contribution is 2.19. The molecule has 6 nitrogen and oxygen atoms in total. The molecular weight excluding hydrogens is 350 g/mol. The third kappa shape index (κ3) is 4.54. The molecule has 0 saturated carbocycles. The van der Waals surface area contributed by atoms with E-state index in [2.05, 4.69) is 10.6 Å². The molecule has 1 atom stereocenters. The number of nitrogens with zero attached hydrogens (tertiary/aromatic N) is 1. The van der Waals surface area contributed by atoms with Gasteiger partial charge in [0.25, 0.3) is 0 Å². The lowest BCUT2D eigenvalue weighted by atomic mass is 10.2. The zero-order valence-electron chi connectivity index (χ0n) is 14.7. The van der Waals surface area contributed by atoms with Crippen LogP contribution in [-0.4, -0.2) is 36.5 Å². The van der Waals surface area contributed by atoms with Gasteiger partial charge in [-0.3, -0.25) is 4.79 Å². The summed E-state index contributed by atoms with van der Waals surface area (Å²) in [7, 11) is 1.60. The molecule has 2 heterocycles. The summed E-state index contributed by atoms with van der Waals surface area (Å²) in [5, 5.41) is 7.57. The van der Waals surface area contributed by atoms with Gasteiger partial charge in [0.2, 0.25) is 5.91 Å². The summed E-state index contributed by atoms with van der Waals surface area (Å²) in [4.78, 5) is 26.9. The summed E-state index contributed by atoms with van der Waals surface area (Å²) in [5.41, 5.74) is 1.08. The van der Waals surface area contributed by atoms with Crippen LogP contribution in [0.2, 0.25) is 0 Å². The lowest BCUT2D eigenvalue weighted by Gasteiger charge is -2.23. The van der Waals surface area contributed by atoms with Crippen molar-refractivity contribution >= 4 is 23.3 Å². The Balaban J connectivity index is 1.48. The smallest absolute Gasteiger partial charge is 0.318 e. The second-order valence-corrected chi connectivity index (χ2v) is 7.14. The molecule has 1 fully saturated rings. The van der Waals surface area contributed by atoms with Gasteiger partial charge in [0.05, 0.1) is 6.54 Å². The first-order valence-corrected chi connectivity index (χ1v) is 9.55. The third-order valence-corrected chi connectivity index (χ3v) is 5.32. The maximum absolute atomic E-state index is 12.4. The lowest BCUT2D eigenvalue weighted by Crippen LogP contribution is -2.48. The minimum atomic E-state index is -0.363. The van der Waals surface area contributed by atoms with E-state index in [0.717, 1.165) is 22.6 Å². The van der Waals surface area contributed by atoms with Crippen LogP contribution >= 0.6 is 11.3 Å². The number of ether oxygens (including phenoxy) is 1. The van der Waals surface area contributed by atoms with Crippen LogP contribution in [0.4, 0.5) is 4.79 Å². The Bertz CT molecular complexity index is 747. The van der Waals surface area contributed by atoms with Gasteiger partial charge in [0, 0.05) is 24.0 Å². The van der Waals surface area contributed by atoms with E-state index in [1.165, 1.54) is 0 Å². The zero-order chi connectivity index (χ0) is 18.4. The van der Waals surface area contributed by atoms with Crippen molar-refractivity contribution in [2.24, 2.45) is 0 Å². The molecule has 138 valence electrons. The zero-order valence-corrected chi connectivity index (χ0v) is 15.6. The van der Waals surface area contributed by atoms with E-state index in [1.54, 1.807) is 23.3 Å². The van der Waals surface area contributed by atoms with Crippen molar-refractivity contribution in [1.82, 2.24) is 15.5 Å². The van der Waals surface area contributed by atoms with Gasteiger partial charge in [-0.25, -0.2) is 4.79 Å². The molecule has 7 heteroatoms. The number of thiophene rings is 1. The second-order valence-electron chi connectivity index (χ2n) is 6.15. The predicted molar refractivity (Wildman–Crippen MR) is 101 cm³/mol. The van der Waals surface area contributed by atoms with Gasteiger partial charge in [0.15, 0.2) is 0 Å². The van der Waals surface area contributed by atoms with Crippen molar-refractivity contribution in [3.8, 4) is 5.75 Å². The Kier molecular flexibility index (Phi) is 6.12. The Morgan fingerprint density at radius 1 is 1.31 bits per heavy atom. The highest BCUT2D eigenvalue weighted by Gasteiger charge is 2.33. The highest BCUT2D eigenvalue weighted by atomic mass is 32.1. The molecule has 0 unspecified atom stereocenters. The van der Waals surface area contributed by atoms with E-state index >= 15 is 0 Å². The average Bonchev–Trinajstić information content (AvgIpc) is 3.34. The van der Waals surface area contributed by atoms with E-state index in [4.69, 9.17) is 4.74 Å². The normalized spacial score (nSPS) is 16.3. The summed E-state index contributed by atoms with van der Waals surface area (Å²) >= 11 is 1.59. The monoisotopic (exact) mass is 373 g/mol. The molecule has 1 aromatic carbocycles. The van der Waals surface area contributed by atoms with Gasteiger partial charge in [-0.15, -0.1) is 11.3 Å². The predicted octanol–water partition coefficient (Wildman–Crippen LogP) is 2.75. The molecule has 2 N–H and O–H groups in total. The number of likely N-dealkylation sites (tertiary alicyclic amines) is 1. The molecule has 3 rings (SSSR count). The molecule has 1 saturated heterocycles. The number of amides is 3. The number of likely N-dealkylation sites (N-methyl/N-ethyl adjacent to an activating group) is 1. The molecule has 0 bridgehead atoms. The molecule has 0 radical (unpaired) electrons. The standard InChI is InChI=1S/C19H23N3O3S/c1-20-18(23)17-8-5-9-22(17)19(24)21-11-16-10-14(13-26-16)12-25-15-6-3-2-4-7-15/h2-4,6-7,10,13,17H,5,8-9,11-12H2,1H3,(H,20,23)(H,21,24)/t17-/m1/s1. The summed E-state index contributed by atoms with van der Waals surface area (Å²) in [6.45, 7) is 1.57. The number of carbonyl (C=O) groups is 2. The summed E-state index contributed by atoms with van der Waals surface area (Å²) < 4.78 is 5.73. The Labute approximate surface area is 157 Å². The number of carbonyl (C=O) groups excluding carboxylic acids is 2. The van der Waals surface area contributed by atoms with E-state index in [0.29, 0.717) is 26.1 Å². The van der Waals surface area contributed by atoms with Crippen molar-refractivity contribution < 1.29 is 14.3 Å². The average molecular weight is 373 g/mol. The van der Waals surface area contributed by atoms with E-state index in [1.807, 2.05) is 41.8 Å². The van der Waals surface area contributed by atoms with Gasteiger partial charge in [0.1, 0.15) is 18.4 Å². The molecule has 2 aromatic rings. The first-order valence-electron chi connectivity index (χ1n) is 8.67. The molecule has 1 aliphatic heterocycles. The minimum Gasteiger partial charge on any atom is -0.489 e. The Hall–Kier alpha value is -2.54. The topological polar surface area (TPSA) is 70.7 Å².